The summed E-state index contributed by atoms with van der Waals surface area (Å²) in [5, 5.41) is 8.04. The number of rotatable bonds is 4. The minimum atomic E-state index is 0.619. The molecule has 2 heterocycles. The van der Waals surface area contributed by atoms with Gasteiger partial charge in [-0.15, -0.1) is 0 Å². The maximum Gasteiger partial charge on any atom is 0.0625 e. The fraction of sp³-hybridized carbons (Fsp3) is 0.769. The molecule has 1 saturated heterocycles. The summed E-state index contributed by atoms with van der Waals surface area (Å²) < 4.78 is 2.15. The quantitative estimate of drug-likeness (QED) is 0.854. The SMILES string of the molecule is CCc1cc(CN2CCNC[C@H]2C)n(CC)n1. The van der Waals surface area contributed by atoms with Crippen LogP contribution in [0.4, 0.5) is 0 Å². The van der Waals surface area contributed by atoms with Crippen LogP contribution in [-0.4, -0.2) is 40.4 Å². The first-order valence-electron chi connectivity index (χ1n) is 6.75. The van der Waals surface area contributed by atoms with Gasteiger partial charge in [-0.1, -0.05) is 6.92 Å². The lowest BCUT2D eigenvalue weighted by molar-refractivity contribution is 0.161. The van der Waals surface area contributed by atoms with E-state index >= 15 is 0 Å². The molecule has 1 atom stereocenters. The minimum Gasteiger partial charge on any atom is -0.314 e. The third-order valence-corrected chi connectivity index (χ3v) is 3.58. The van der Waals surface area contributed by atoms with Crippen molar-refractivity contribution in [3.05, 3.63) is 17.5 Å². The standard InChI is InChI=1S/C13H24N4/c1-4-12-8-13(17(5-2)15-12)10-16-7-6-14-9-11(16)3/h8,11,14H,4-7,9-10H2,1-3H3/t11-/m1/s1. The minimum absolute atomic E-state index is 0.619. The molecule has 1 fully saturated rings. The molecule has 1 aromatic heterocycles. The lowest BCUT2D eigenvalue weighted by Crippen LogP contribution is -2.49. The molecule has 0 amide bonds. The summed E-state index contributed by atoms with van der Waals surface area (Å²) in [6, 6.07) is 2.88. The first-order valence-corrected chi connectivity index (χ1v) is 6.75. The molecule has 0 radical (unpaired) electrons. The van der Waals surface area contributed by atoms with E-state index in [2.05, 4.69) is 46.8 Å². The Balaban J connectivity index is 2.08. The highest BCUT2D eigenvalue weighted by Gasteiger charge is 2.19. The molecule has 1 aliphatic heterocycles. The second-order valence-corrected chi connectivity index (χ2v) is 4.82. The summed E-state index contributed by atoms with van der Waals surface area (Å²) in [5.74, 6) is 0. The summed E-state index contributed by atoms with van der Waals surface area (Å²) >= 11 is 0. The van der Waals surface area contributed by atoms with Gasteiger partial charge in [0.1, 0.15) is 0 Å². The molecular weight excluding hydrogens is 212 g/mol. The van der Waals surface area contributed by atoms with E-state index in [0.717, 1.165) is 39.1 Å². The first-order chi connectivity index (χ1) is 8.24. The number of hydrogen-bond donors (Lipinski definition) is 1. The van der Waals surface area contributed by atoms with E-state index in [1.807, 2.05) is 0 Å². The number of hydrogen-bond acceptors (Lipinski definition) is 3. The van der Waals surface area contributed by atoms with Crippen LogP contribution in [-0.2, 0) is 19.5 Å². The Labute approximate surface area is 104 Å². The molecule has 0 unspecified atom stereocenters. The molecular formula is C13H24N4. The Morgan fingerprint density at radius 2 is 2.29 bits per heavy atom. The normalized spacial score (nSPS) is 21.9. The molecule has 0 aliphatic carbocycles. The summed E-state index contributed by atoms with van der Waals surface area (Å²) in [6.45, 7) is 12.0. The van der Waals surface area contributed by atoms with Crippen LogP contribution in [0.3, 0.4) is 0 Å². The molecule has 96 valence electrons. The van der Waals surface area contributed by atoms with Crippen LogP contribution in [0.15, 0.2) is 6.07 Å². The summed E-state index contributed by atoms with van der Waals surface area (Å²) in [5.41, 5.74) is 2.57. The maximum atomic E-state index is 4.61. The van der Waals surface area contributed by atoms with Crippen molar-refractivity contribution >= 4 is 0 Å². The molecule has 17 heavy (non-hydrogen) atoms. The van der Waals surface area contributed by atoms with Gasteiger partial charge in [-0.25, -0.2) is 0 Å². The zero-order chi connectivity index (χ0) is 12.3. The Kier molecular flexibility index (Phi) is 4.18. The number of nitrogens with zero attached hydrogens (tertiary/aromatic N) is 3. The Hall–Kier alpha value is -0.870. The first kappa shape index (κ1) is 12.6. The maximum absolute atomic E-state index is 4.61. The molecule has 1 N–H and O–H groups in total. The predicted octanol–water partition coefficient (Wildman–Crippen LogP) is 1.26. The van der Waals surface area contributed by atoms with Crippen LogP contribution in [0.1, 0.15) is 32.2 Å². The summed E-state index contributed by atoms with van der Waals surface area (Å²) in [7, 11) is 0. The number of aryl methyl sites for hydroxylation is 2. The van der Waals surface area contributed by atoms with Gasteiger partial charge in [0.05, 0.1) is 11.4 Å². The van der Waals surface area contributed by atoms with Gasteiger partial charge in [0, 0.05) is 38.8 Å². The summed E-state index contributed by atoms with van der Waals surface area (Å²) in [6.07, 6.45) is 1.02. The molecule has 1 aromatic rings. The van der Waals surface area contributed by atoms with E-state index in [4.69, 9.17) is 0 Å². The van der Waals surface area contributed by atoms with Crippen LogP contribution >= 0.6 is 0 Å². The van der Waals surface area contributed by atoms with Crippen molar-refractivity contribution in [2.24, 2.45) is 0 Å². The highest BCUT2D eigenvalue weighted by atomic mass is 15.3. The van der Waals surface area contributed by atoms with Crippen molar-refractivity contribution in [2.45, 2.75) is 46.3 Å². The second kappa shape index (κ2) is 5.65. The van der Waals surface area contributed by atoms with Crippen molar-refractivity contribution in [3.63, 3.8) is 0 Å². The lowest BCUT2D eigenvalue weighted by Gasteiger charge is -2.33. The average Bonchev–Trinajstić information content (AvgIpc) is 2.74. The van der Waals surface area contributed by atoms with Gasteiger partial charge in [0.2, 0.25) is 0 Å². The second-order valence-electron chi connectivity index (χ2n) is 4.82. The molecule has 4 nitrogen and oxygen atoms in total. The van der Waals surface area contributed by atoms with E-state index < -0.39 is 0 Å². The highest BCUT2D eigenvalue weighted by molar-refractivity contribution is 5.10. The van der Waals surface area contributed by atoms with Gasteiger partial charge in [0.25, 0.3) is 0 Å². The van der Waals surface area contributed by atoms with Crippen LogP contribution in [0.5, 0.6) is 0 Å². The fourth-order valence-electron chi connectivity index (χ4n) is 2.41. The molecule has 2 rings (SSSR count). The average molecular weight is 236 g/mol. The zero-order valence-corrected chi connectivity index (χ0v) is 11.2. The van der Waals surface area contributed by atoms with E-state index in [0.29, 0.717) is 6.04 Å². The van der Waals surface area contributed by atoms with Gasteiger partial charge in [-0.05, 0) is 26.3 Å². The van der Waals surface area contributed by atoms with Gasteiger partial charge in [-0.2, -0.15) is 5.10 Å². The largest absolute Gasteiger partial charge is 0.314 e. The van der Waals surface area contributed by atoms with Crippen LogP contribution < -0.4 is 5.32 Å². The van der Waals surface area contributed by atoms with Crippen molar-refractivity contribution in [3.8, 4) is 0 Å². The van der Waals surface area contributed by atoms with Crippen LogP contribution in [0.25, 0.3) is 0 Å². The lowest BCUT2D eigenvalue weighted by atomic mass is 10.2. The summed E-state index contributed by atoms with van der Waals surface area (Å²) in [4.78, 5) is 2.54. The molecule has 0 spiro atoms. The van der Waals surface area contributed by atoms with Crippen molar-refractivity contribution < 1.29 is 0 Å². The zero-order valence-electron chi connectivity index (χ0n) is 11.2. The third-order valence-electron chi connectivity index (χ3n) is 3.58. The Bertz CT molecular complexity index is 358. The fourth-order valence-corrected chi connectivity index (χ4v) is 2.41. The molecule has 1 aliphatic rings. The van der Waals surface area contributed by atoms with Crippen molar-refractivity contribution in [1.29, 1.82) is 0 Å². The van der Waals surface area contributed by atoms with E-state index in [-0.39, 0.29) is 0 Å². The number of aromatic nitrogens is 2. The van der Waals surface area contributed by atoms with E-state index in [9.17, 15) is 0 Å². The predicted molar refractivity (Wildman–Crippen MR) is 70.0 cm³/mol. The van der Waals surface area contributed by atoms with Crippen LogP contribution in [0, 0.1) is 0 Å². The van der Waals surface area contributed by atoms with Crippen LogP contribution in [0.2, 0.25) is 0 Å². The molecule has 4 heteroatoms. The van der Waals surface area contributed by atoms with Crippen molar-refractivity contribution in [1.82, 2.24) is 20.0 Å². The van der Waals surface area contributed by atoms with Gasteiger partial charge in [0.15, 0.2) is 0 Å². The Morgan fingerprint density at radius 3 is 2.94 bits per heavy atom. The molecule has 0 aromatic carbocycles. The Morgan fingerprint density at radius 1 is 1.47 bits per heavy atom. The highest BCUT2D eigenvalue weighted by Crippen LogP contribution is 2.12. The number of nitrogens with one attached hydrogen (secondary N) is 1. The van der Waals surface area contributed by atoms with Gasteiger partial charge < -0.3 is 5.32 Å². The van der Waals surface area contributed by atoms with Gasteiger partial charge in [-0.3, -0.25) is 9.58 Å². The smallest absolute Gasteiger partial charge is 0.0625 e. The third kappa shape index (κ3) is 2.87. The molecule has 0 saturated carbocycles. The van der Waals surface area contributed by atoms with Gasteiger partial charge >= 0.3 is 0 Å². The number of piperazine rings is 1. The van der Waals surface area contributed by atoms with E-state index in [1.54, 1.807) is 0 Å². The van der Waals surface area contributed by atoms with Crippen molar-refractivity contribution in [2.75, 3.05) is 19.6 Å². The topological polar surface area (TPSA) is 33.1 Å². The van der Waals surface area contributed by atoms with E-state index in [1.165, 1.54) is 11.4 Å². The molecule has 0 bridgehead atoms. The monoisotopic (exact) mass is 236 g/mol.